The number of unbranched alkanes of at least 4 members (excludes halogenated alkanes) is 2. The molecule has 1 aliphatic carbocycles. The number of aliphatic imine (C=N–C) groups is 2. The molecule has 14 heteroatoms. The molecule has 5 aliphatic rings. The average molecular weight is 841 g/mol. The molecule has 4 aromatic carbocycles. The van der Waals surface area contributed by atoms with Gasteiger partial charge in [-0.2, -0.15) is 0 Å². The van der Waals surface area contributed by atoms with Crippen LogP contribution in [0.5, 0.6) is 34.5 Å². The Labute approximate surface area is 359 Å². The smallest absolute Gasteiger partial charge is 0.256 e. The normalized spacial score (nSPS) is 18.2. The average Bonchev–Trinajstić information content (AvgIpc) is 3.93. The second-order valence-electron chi connectivity index (χ2n) is 15.8. The maximum absolute atomic E-state index is 13.9. The van der Waals surface area contributed by atoms with Crippen LogP contribution in [0.25, 0.3) is 0 Å². The van der Waals surface area contributed by atoms with Gasteiger partial charge in [-0.25, -0.2) is 0 Å². The molecule has 2 fully saturated rings. The Bertz CT molecular complexity index is 2330. The minimum Gasteiger partial charge on any atom is -0.493 e. The lowest BCUT2D eigenvalue weighted by Crippen LogP contribution is -2.35. The van der Waals surface area contributed by atoms with E-state index in [4.69, 9.17) is 28.4 Å². The summed E-state index contributed by atoms with van der Waals surface area (Å²) in [5.74, 6) is 1.84. The molecule has 2 saturated heterocycles. The fourth-order valence-corrected chi connectivity index (χ4v) is 8.78. The predicted molar refractivity (Wildman–Crippen MR) is 231 cm³/mol. The minimum absolute atomic E-state index is 0.00656. The summed E-state index contributed by atoms with van der Waals surface area (Å²) in [4.78, 5) is 67.3. The van der Waals surface area contributed by atoms with Gasteiger partial charge in [-0.1, -0.05) is 24.3 Å². The van der Waals surface area contributed by atoms with E-state index in [1.54, 1.807) is 74.9 Å². The summed E-state index contributed by atoms with van der Waals surface area (Å²) in [6.45, 7) is 2.66. The first-order valence-corrected chi connectivity index (χ1v) is 21.4. The molecular weight excluding hydrogens is 793 g/mol. The first-order chi connectivity index (χ1) is 30.3. The molecule has 4 heterocycles. The van der Waals surface area contributed by atoms with Crippen LogP contribution in [-0.4, -0.2) is 111 Å². The van der Waals surface area contributed by atoms with Crippen LogP contribution in [0.4, 0.5) is 11.4 Å². The molecule has 0 aromatic heterocycles. The number of hydrogen-bond donors (Lipinski definition) is 0. The highest BCUT2D eigenvalue weighted by Crippen LogP contribution is 2.41. The second kappa shape index (κ2) is 17.7. The van der Waals surface area contributed by atoms with Crippen LogP contribution in [0.1, 0.15) is 104 Å². The van der Waals surface area contributed by atoms with Crippen LogP contribution in [0, 0.1) is 0 Å². The van der Waals surface area contributed by atoms with Gasteiger partial charge in [0.2, 0.25) is 0 Å². The van der Waals surface area contributed by atoms with Crippen molar-refractivity contribution in [1.82, 2.24) is 9.80 Å². The Kier molecular flexibility index (Phi) is 11.6. The largest absolute Gasteiger partial charge is 0.493 e. The standard InChI is InChI=1S/C48H48N4O10/c1-57-39-23-33-35(49-27-29-11-9-17-51(29)47(33)55)25-41(39)61-21-7-5-19-59-37-15-16-38(44-43(37)45(53)31-13-3-4-14-32(31)46(44)54)60-20-6-8-22-62-42-26-36-34(24-40(42)58-2)48(56)52-18-10-12-30(52)28-50-36/h3-4,13-16,23-30H,5-12,17-22H2,1-2H3/t29-,30-/m0/s1. The molecule has 4 aromatic rings. The zero-order valence-corrected chi connectivity index (χ0v) is 34.9. The molecule has 320 valence electrons. The number of carbonyl (C=O) groups is 4. The van der Waals surface area contributed by atoms with E-state index in [1.807, 2.05) is 22.2 Å². The number of hydrogen-bond acceptors (Lipinski definition) is 12. The molecule has 62 heavy (non-hydrogen) atoms. The van der Waals surface area contributed by atoms with E-state index in [9.17, 15) is 19.2 Å². The number of benzene rings is 4. The molecule has 0 spiro atoms. The topological polar surface area (TPSA) is 155 Å². The van der Waals surface area contributed by atoms with E-state index in [0.717, 1.165) is 25.7 Å². The fourth-order valence-electron chi connectivity index (χ4n) is 8.78. The number of rotatable bonds is 16. The van der Waals surface area contributed by atoms with Gasteiger partial charge in [0.25, 0.3) is 11.8 Å². The number of ether oxygens (including phenoxy) is 6. The van der Waals surface area contributed by atoms with Crippen molar-refractivity contribution < 1.29 is 47.6 Å². The molecule has 14 nitrogen and oxygen atoms in total. The van der Waals surface area contributed by atoms with Crippen LogP contribution in [0.15, 0.2) is 70.6 Å². The van der Waals surface area contributed by atoms with Gasteiger partial charge in [-0.15, -0.1) is 0 Å². The Morgan fingerprint density at radius 2 is 0.919 bits per heavy atom. The molecule has 0 unspecified atom stereocenters. The summed E-state index contributed by atoms with van der Waals surface area (Å²) in [6.07, 6.45) is 9.83. The highest BCUT2D eigenvalue weighted by atomic mass is 16.5. The third-order valence-corrected chi connectivity index (χ3v) is 12.0. The lowest BCUT2D eigenvalue weighted by atomic mass is 9.83. The lowest BCUT2D eigenvalue weighted by molar-refractivity contribution is 0.0766. The van der Waals surface area contributed by atoms with Gasteiger partial charge in [-0.05, 0) is 75.6 Å². The Morgan fingerprint density at radius 3 is 1.32 bits per heavy atom. The minimum atomic E-state index is -0.301. The van der Waals surface area contributed by atoms with Gasteiger partial charge in [-0.3, -0.25) is 29.2 Å². The SMILES string of the molecule is COc1cc2c(cc1OCCCCOc1ccc(OCCCCOc3cc4c(cc3OC)C(=O)N3CCC[C@H]3C=N4)c3c1C(=O)c1ccccc1C3=O)N=C[C@@H]1CCCN1C2=O. The van der Waals surface area contributed by atoms with Crippen LogP contribution >= 0.6 is 0 Å². The lowest BCUT2D eigenvalue weighted by Gasteiger charge is -2.23. The van der Waals surface area contributed by atoms with Gasteiger partial charge in [0, 0.05) is 48.8 Å². The fraction of sp³-hybridized carbons (Fsp3) is 0.375. The van der Waals surface area contributed by atoms with Crippen LogP contribution in [0.3, 0.4) is 0 Å². The van der Waals surface area contributed by atoms with Gasteiger partial charge in [0.1, 0.15) is 11.5 Å². The molecular formula is C48H48N4O10. The Balaban J connectivity index is 0.809. The predicted octanol–water partition coefficient (Wildman–Crippen LogP) is 7.60. The molecule has 4 aliphatic heterocycles. The number of methoxy groups -OCH3 is 2. The van der Waals surface area contributed by atoms with Crippen molar-refractivity contribution >= 4 is 47.2 Å². The van der Waals surface area contributed by atoms with E-state index in [0.29, 0.717) is 120 Å². The van der Waals surface area contributed by atoms with Crippen LogP contribution in [0.2, 0.25) is 0 Å². The van der Waals surface area contributed by atoms with Crippen molar-refractivity contribution in [2.24, 2.45) is 9.98 Å². The van der Waals surface area contributed by atoms with E-state index in [1.165, 1.54) is 0 Å². The number of ketones is 2. The second-order valence-corrected chi connectivity index (χ2v) is 15.8. The summed E-state index contributed by atoms with van der Waals surface area (Å²) in [6, 6.07) is 17.1. The van der Waals surface area contributed by atoms with E-state index < -0.39 is 0 Å². The van der Waals surface area contributed by atoms with E-state index in [-0.39, 0.29) is 59.8 Å². The molecule has 9 rings (SSSR count). The summed E-state index contributed by atoms with van der Waals surface area (Å²) >= 11 is 0. The van der Waals surface area contributed by atoms with Crippen molar-refractivity contribution in [2.75, 3.05) is 53.7 Å². The van der Waals surface area contributed by atoms with Crippen molar-refractivity contribution in [3.63, 3.8) is 0 Å². The zero-order chi connectivity index (χ0) is 42.7. The molecule has 2 amide bonds. The van der Waals surface area contributed by atoms with Crippen molar-refractivity contribution in [3.05, 3.63) is 94.0 Å². The number of amides is 2. The van der Waals surface area contributed by atoms with Crippen LogP contribution in [-0.2, 0) is 0 Å². The van der Waals surface area contributed by atoms with E-state index >= 15 is 0 Å². The third-order valence-electron chi connectivity index (χ3n) is 12.0. The number of carbonyl (C=O) groups excluding carboxylic acids is 4. The maximum Gasteiger partial charge on any atom is 0.256 e. The molecule has 2 atom stereocenters. The first kappa shape index (κ1) is 40.7. The van der Waals surface area contributed by atoms with Gasteiger partial charge in [0.15, 0.2) is 34.6 Å². The molecule has 0 bridgehead atoms. The first-order valence-electron chi connectivity index (χ1n) is 21.4. The van der Waals surface area contributed by atoms with E-state index in [2.05, 4.69) is 9.98 Å². The van der Waals surface area contributed by atoms with Gasteiger partial charge < -0.3 is 38.2 Å². The summed E-state index contributed by atoms with van der Waals surface area (Å²) < 4.78 is 35.7. The highest BCUT2D eigenvalue weighted by Gasteiger charge is 2.36. The number of fused-ring (bicyclic) bond motifs is 6. The van der Waals surface area contributed by atoms with Gasteiger partial charge >= 0.3 is 0 Å². The summed E-state index contributed by atoms with van der Waals surface area (Å²) in [5.41, 5.74) is 3.14. The third kappa shape index (κ3) is 7.73. The van der Waals surface area contributed by atoms with Crippen molar-refractivity contribution in [2.45, 2.75) is 63.5 Å². The maximum atomic E-state index is 13.9. The Morgan fingerprint density at radius 1 is 0.516 bits per heavy atom. The number of nitrogens with zero attached hydrogens (tertiary/aromatic N) is 4. The highest BCUT2D eigenvalue weighted by molar-refractivity contribution is 6.30. The van der Waals surface area contributed by atoms with Crippen LogP contribution < -0.4 is 28.4 Å². The monoisotopic (exact) mass is 840 g/mol. The zero-order valence-electron chi connectivity index (χ0n) is 34.9. The summed E-state index contributed by atoms with van der Waals surface area (Å²) in [7, 11) is 3.09. The Hall–Kier alpha value is -6.70. The summed E-state index contributed by atoms with van der Waals surface area (Å²) in [5, 5.41) is 0. The van der Waals surface area contributed by atoms with Gasteiger partial charge in [0.05, 0.1) is 86.4 Å². The molecule has 0 N–H and O–H groups in total. The van der Waals surface area contributed by atoms with Crippen molar-refractivity contribution in [1.29, 1.82) is 0 Å². The van der Waals surface area contributed by atoms with Crippen molar-refractivity contribution in [3.8, 4) is 34.5 Å². The molecule has 0 radical (unpaired) electrons. The molecule has 0 saturated carbocycles. The quantitative estimate of drug-likeness (QED) is 0.0908.